The van der Waals surface area contributed by atoms with Gasteiger partial charge < -0.3 is 19.5 Å². The van der Waals surface area contributed by atoms with Crippen molar-refractivity contribution in [3.8, 4) is 16.6 Å². The molecule has 7 heterocycles. The van der Waals surface area contributed by atoms with Gasteiger partial charge in [-0.1, -0.05) is 11.3 Å². The van der Waals surface area contributed by atoms with Crippen molar-refractivity contribution in [3.05, 3.63) is 36.4 Å². The first-order valence-corrected chi connectivity index (χ1v) is 13.5. The van der Waals surface area contributed by atoms with E-state index in [2.05, 4.69) is 35.1 Å². The number of anilines is 2. The van der Waals surface area contributed by atoms with Gasteiger partial charge in [-0.3, -0.25) is 4.90 Å². The van der Waals surface area contributed by atoms with Crippen LogP contribution in [0.3, 0.4) is 0 Å². The van der Waals surface area contributed by atoms with Crippen LogP contribution in [0.4, 0.5) is 11.1 Å². The standard InChI is InChI=1S/C25H29N7O3S/c1-4-25(14-33-15-25)5-2-17(1)35-23-26-6-3-20(30-23)21-10-29-24(36-21)31-22-27-8-16(9-28-22)11-32-12-18-7-19(13-32)34-18/h3,6,8-10,17-19H,1-2,4-5,7,11-15H2,(H,27,28,29,31). The molecule has 3 aromatic rings. The van der Waals surface area contributed by atoms with E-state index < -0.39 is 0 Å². The molecular formula is C25H29N7O3S. The first kappa shape index (κ1) is 22.5. The Labute approximate surface area is 213 Å². The van der Waals surface area contributed by atoms with E-state index in [1.807, 2.05) is 18.5 Å². The Hall–Kier alpha value is -2.73. The summed E-state index contributed by atoms with van der Waals surface area (Å²) in [6.07, 6.45) is 13.8. The van der Waals surface area contributed by atoms with E-state index in [4.69, 9.17) is 14.2 Å². The maximum Gasteiger partial charge on any atom is 0.317 e. The Kier molecular flexibility index (Phi) is 5.80. The van der Waals surface area contributed by atoms with Crippen LogP contribution in [0.25, 0.3) is 10.6 Å². The van der Waals surface area contributed by atoms with Crippen molar-refractivity contribution in [1.29, 1.82) is 0 Å². The molecular weight excluding hydrogens is 478 g/mol. The summed E-state index contributed by atoms with van der Waals surface area (Å²) in [5, 5.41) is 3.92. The SMILES string of the molecule is c1cc(-c2cnc(Nc3ncc(CN4CC5CC(C4)O5)cn3)s2)nc(OC2CCC3(CC2)COC3)n1. The molecule has 3 aromatic heterocycles. The van der Waals surface area contributed by atoms with Crippen LogP contribution in [0.1, 0.15) is 37.7 Å². The lowest BCUT2D eigenvalue weighted by atomic mass is 9.72. The molecule has 1 N–H and O–H groups in total. The van der Waals surface area contributed by atoms with Gasteiger partial charge in [0.05, 0.1) is 36.0 Å². The normalized spacial score (nSPS) is 25.2. The fraction of sp³-hybridized carbons (Fsp3) is 0.560. The Bertz CT molecular complexity index is 1190. The largest absolute Gasteiger partial charge is 0.460 e. The fourth-order valence-corrected chi connectivity index (χ4v) is 6.34. The number of aromatic nitrogens is 5. The summed E-state index contributed by atoms with van der Waals surface area (Å²) >= 11 is 1.50. The molecule has 2 bridgehead atoms. The molecule has 5 aliphatic rings. The molecule has 11 heteroatoms. The van der Waals surface area contributed by atoms with Gasteiger partial charge in [-0.25, -0.2) is 19.9 Å². The number of ether oxygens (including phenoxy) is 3. The van der Waals surface area contributed by atoms with Gasteiger partial charge in [0.15, 0.2) is 5.13 Å². The zero-order valence-corrected chi connectivity index (χ0v) is 20.8. The number of nitrogens with zero attached hydrogens (tertiary/aromatic N) is 6. The highest BCUT2D eigenvalue weighted by Crippen LogP contribution is 2.43. The van der Waals surface area contributed by atoms with Gasteiger partial charge in [-0.05, 0) is 31.7 Å². The van der Waals surface area contributed by atoms with Crippen LogP contribution in [0.5, 0.6) is 6.01 Å². The van der Waals surface area contributed by atoms with Crippen LogP contribution in [0, 0.1) is 5.41 Å². The Balaban J connectivity index is 0.950. The number of hydrogen-bond donors (Lipinski definition) is 1. The van der Waals surface area contributed by atoms with Crippen LogP contribution in [-0.2, 0) is 16.0 Å². The number of fused-ring (bicyclic) bond motifs is 2. The first-order chi connectivity index (χ1) is 17.7. The van der Waals surface area contributed by atoms with Crippen LogP contribution in [0.15, 0.2) is 30.9 Å². The lowest BCUT2D eigenvalue weighted by molar-refractivity contribution is -0.182. The second kappa shape index (κ2) is 9.29. The summed E-state index contributed by atoms with van der Waals surface area (Å²) in [5.74, 6) is 0.531. The molecule has 0 radical (unpaired) electrons. The van der Waals surface area contributed by atoms with Gasteiger partial charge in [0, 0.05) is 61.8 Å². The second-order valence-corrected chi connectivity index (χ2v) is 11.4. The van der Waals surface area contributed by atoms with E-state index in [1.54, 1.807) is 12.4 Å². The molecule has 1 aliphatic carbocycles. The van der Waals surface area contributed by atoms with Gasteiger partial charge in [0.2, 0.25) is 5.95 Å². The summed E-state index contributed by atoms with van der Waals surface area (Å²) in [4.78, 5) is 25.8. The molecule has 36 heavy (non-hydrogen) atoms. The third-order valence-electron chi connectivity index (χ3n) is 7.64. The van der Waals surface area contributed by atoms with Crippen molar-refractivity contribution >= 4 is 22.4 Å². The minimum Gasteiger partial charge on any atom is -0.460 e. The fourth-order valence-electron chi connectivity index (χ4n) is 5.56. The summed E-state index contributed by atoms with van der Waals surface area (Å²) in [7, 11) is 0. The van der Waals surface area contributed by atoms with Gasteiger partial charge in [0.25, 0.3) is 0 Å². The summed E-state index contributed by atoms with van der Waals surface area (Å²) in [6, 6.07) is 2.31. The minimum atomic E-state index is 0.166. The quantitative estimate of drug-likeness (QED) is 0.511. The molecule has 4 saturated heterocycles. The molecule has 188 valence electrons. The molecule has 10 nitrogen and oxygen atoms in total. The second-order valence-electron chi connectivity index (χ2n) is 10.4. The molecule has 8 rings (SSSR count). The molecule has 0 amide bonds. The number of nitrogens with one attached hydrogen (secondary N) is 1. The van der Waals surface area contributed by atoms with E-state index in [0.29, 0.717) is 34.7 Å². The Morgan fingerprint density at radius 3 is 2.56 bits per heavy atom. The van der Waals surface area contributed by atoms with Crippen molar-refractivity contribution in [1.82, 2.24) is 29.8 Å². The maximum atomic E-state index is 6.13. The van der Waals surface area contributed by atoms with Gasteiger partial charge in [0.1, 0.15) is 6.10 Å². The predicted molar refractivity (Wildman–Crippen MR) is 133 cm³/mol. The number of thiazole rings is 1. The van der Waals surface area contributed by atoms with E-state index in [-0.39, 0.29) is 6.10 Å². The number of piperidine rings is 1. The molecule has 2 atom stereocenters. The first-order valence-electron chi connectivity index (χ1n) is 12.7. The third kappa shape index (κ3) is 4.68. The van der Waals surface area contributed by atoms with Crippen molar-refractivity contribution in [2.75, 3.05) is 31.6 Å². The van der Waals surface area contributed by atoms with E-state index >= 15 is 0 Å². The number of hydrogen-bond acceptors (Lipinski definition) is 11. The summed E-state index contributed by atoms with van der Waals surface area (Å²) < 4.78 is 17.3. The minimum absolute atomic E-state index is 0.166. The van der Waals surface area contributed by atoms with Gasteiger partial charge in [-0.2, -0.15) is 4.98 Å². The molecule has 1 saturated carbocycles. The maximum absolute atomic E-state index is 6.13. The lowest BCUT2D eigenvalue weighted by Crippen LogP contribution is -2.56. The van der Waals surface area contributed by atoms with Crippen molar-refractivity contribution in [2.45, 2.75) is 57.0 Å². The summed E-state index contributed by atoms with van der Waals surface area (Å²) in [5.41, 5.74) is 2.30. The highest BCUT2D eigenvalue weighted by molar-refractivity contribution is 7.18. The van der Waals surface area contributed by atoms with Gasteiger partial charge in [-0.15, -0.1) is 0 Å². The predicted octanol–water partition coefficient (Wildman–Crippen LogP) is 3.44. The average Bonchev–Trinajstić information content (AvgIpc) is 3.33. The average molecular weight is 508 g/mol. The van der Waals surface area contributed by atoms with Crippen molar-refractivity contribution < 1.29 is 14.2 Å². The zero-order valence-electron chi connectivity index (χ0n) is 20.0. The molecule has 1 spiro atoms. The Morgan fingerprint density at radius 1 is 1.06 bits per heavy atom. The van der Waals surface area contributed by atoms with Crippen LogP contribution in [0.2, 0.25) is 0 Å². The lowest BCUT2D eigenvalue weighted by Gasteiger charge is -2.47. The van der Waals surface area contributed by atoms with Gasteiger partial charge >= 0.3 is 6.01 Å². The van der Waals surface area contributed by atoms with Crippen molar-refractivity contribution in [2.24, 2.45) is 5.41 Å². The van der Waals surface area contributed by atoms with Crippen molar-refractivity contribution in [3.63, 3.8) is 0 Å². The number of morpholine rings is 1. The zero-order chi connectivity index (χ0) is 24.0. The molecule has 4 aliphatic heterocycles. The monoisotopic (exact) mass is 507 g/mol. The molecule has 0 aromatic carbocycles. The highest BCUT2D eigenvalue weighted by Gasteiger charge is 2.42. The highest BCUT2D eigenvalue weighted by atomic mass is 32.1. The molecule has 5 fully saturated rings. The van der Waals surface area contributed by atoms with Crippen LogP contribution in [-0.4, -0.2) is 74.4 Å². The van der Waals surface area contributed by atoms with E-state index in [0.717, 1.165) is 74.7 Å². The Morgan fingerprint density at radius 2 is 1.83 bits per heavy atom. The smallest absolute Gasteiger partial charge is 0.317 e. The molecule has 2 unspecified atom stereocenters. The van der Waals surface area contributed by atoms with Crippen LogP contribution >= 0.6 is 11.3 Å². The van der Waals surface area contributed by atoms with E-state index in [9.17, 15) is 0 Å². The van der Waals surface area contributed by atoms with Crippen LogP contribution < -0.4 is 10.1 Å². The van der Waals surface area contributed by atoms with E-state index in [1.165, 1.54) is 17.8 Å². The number of rotatable bonds is 7. The third-order valence-corrected chi connectivity index (χ3v) is 8.57. The summed E-state index contributed by atoms with van der Waals surface area (Å²) in [6.45, 7) is 4.64. The topological polar surface area (TPSA) is 107 Å².